The number of aromatic nitrogens is 2. The zero-order valence-corrected chi connectivity index (χ0v) is 26.1. The Balaban J connectivity index is 1.54. The molecule has 0 unspecified atom stereocenters. The van der Waals surface area contributed by atoms with Gasteiger partial charge in [0.15, 0.2) is 0 Å². The number of hydrogen-bond acceptors (Lipinski definition) is 7. The minimum absolute atomic E-state index is 0.0128. The maximum absolute atomic E-state index is 14.0. The topological polar surface area (TPSA) is 94.9 Å². The van der Waals surface area contributed by atoms with Crippen LogP contribution in [-0.2, 0) is 14.3 Å². The van der Waals surface area contributed by atoms with Crippen LogP contribution in [0.1, 0.15) is 29.2 Å². The van der Waals surface area contributed by atoms with Crippen LogP contribution in [-0.4, -0.2) is 67.4 Å². The van der Waals surface area contributed by atoms with Gasteiger partial charge in [-0.05, 0) is 55.3 Å². The normalized spacial score (nSPS) is 18.1. The van der Waals surface area contributed by atoms with E-state index in [4.69, 9.17) is 30.9 Å². The van der Waals surface area contributed by atoms with Crippen LogP contribution in [0.25, 0.3) is 16.9 Å². The van der Waals surface area contributed by atoms with Crippen molar-refractivity contribution in [1.82, 2.24) is 15.1 Å². The molecule has 3 aromatic carbocycles. The first-order chi connectivity index (χ1) is 21.5. The number of para-hydroxylation sites is 1. The number of carbonyl (C=O) groups excluding carboxylic acids is 2. The number of rotatable bonds is 9. The average Bonchev–Trinajstić information content (AvgIpc) is 3.69. The molecule has 0 bridgehead atoms. The molecule has 0 spiro atoms. The smallest absolute Gasteiger partial charge is 0.240 e. The van der Waals surface area contributed by atoms with Gasteiger partial charge in [-0.3, -0.25) is 14.5 Å². The first-order valence-electron chi connectivity index (χ1n) is 14.4. The molecule has 0 radical (unpaired) electrons. The molecule has 2 aliphatic heterocycles. The van der Waals surface area contributed by atoms with E-state index in [0.29, 0.717) is 46.9 Å². The van der Waals surface area contributed by atoms with Gasteiger partial charge in [0.25, 0.3) is 0 Å². The summed E-state index contributed by atoms with van der Waals surface area (Å²) in [6.07, 6.45) is 1.87. The maximum Gasteiger partial charge on any atom is 0.240 e. The van der Waals surface area contributed by atoms with Crippen molar-refractivity contribution in [1.29, 1.82) is 0 Å². The summed E-state index contributed by atoms with van der Waals surface area (Å²) < 4.78 is 18.6. The summed E-state index contributed by atoms with van der Waals surface area (Å²) in [5.41, 5.74) is 3.93. The molecule has 2 amide bonds. The molecule has 44 heavy (non-hydrogen) atoms. The van der Waals surface area contributed by atoms with Crippen molar-refractivity contribution in [3.63, 3.8) is 0 Å². The summed E-state index contributed by atoms with van der Waals surface area (Å²) in [5, 5.41) is 8.37. The summed E-state index contributed by atoms with van der Waals surface area (Å²) >= 11 is 7.76. The van der Waals surface area contributed by atoms with Crippen molar-refractivity contribution >= 4 is 41.0 Å². The first-order valence-corrected chi connectivity index (χ1v) is 15.9. The lowest BCUT2D eigenvalue weighted by atomic mass is 9.99. The first kappa shape index (κ1) is 30.1. The average molecular weight is 633 g/mol. The molecule has 2 aliphatic rings. The third-order valence-electron chi connectivity index (χ3n) is 7.80. The molecule has 0 aliphatic carbocycles. The highest BCUT2D eigenvalue weighted by Crippen LogP contribution is 2.50. The van der Waals surface area contributed by atoms with Crippen LogP contribution in [0.15, 0.2) is 72.8 Å². The molecule has 3 heterocycles. The molecule has 9 nitrogen and oxygen atoms in total. The number of fused-ring (bicyclic) bond motifs is 1. The van der Waals surface area contributed by atoms with Crippen molar-refractivity contribution in [2.75, 3.05) is 44.6 Å². The molecule has 228 valence electrons. The molecule has 6 rings (SSSR count). The fraction of sp³-hybridized carbons (Fsp3) is 0.303. The molecular formula is C33H33ClN4O5S. The molecule has 1 fully saturated rings. The van der Waals surface area contributed by atoms with E-state index in [1.54, 1.807) is 23.8 Å². The second kappa shape index (κ2) is 13.3. The Bertz CT molecular complexity index is 1640. The van der Waals surface area contributed by atoms with Gasteiger partial charge in [0.1, 0.15) is 23.9 Å². The van der Waals surface area contributed by atoms with Crippen LogP contribution >= 0.6 is 23.4 Å². The number of nitrogens with one attached hydrogen (secondary N) is 1. The van der Waals surface area contributed by atoms with Gasteiger partial charge in [-0.25, -0.2) is 4.68 Å². The number of methoxy groups -OCH3 is 2. The number of carbonyl (C=O) groups is 2. The molecule has 11 heteroatoms. The largest absolute Gasteiger partial charge is 0.497 e. The Morgan fingerprint density at radius 2 is 1.84 bits per heavy atom. The van der Waals surface area contributed by atoms with Crippen molar-refractivity contribution < 1.29 is 23.8 Å². The van der Waals surface area contributed by atoms with E-state index in [-0.39, 0.29) is 35.5 Å². The second-order valence-electron chi connectivity index (χ2n) is 10.6. The molecule has 1 N–H and O–H groups in total. The van der Waals surface area contributed by atoms with Gasteiger partial charge < -0.3 is 19.5 Å². The van der Waals surface area contributed by atoms with Gasteiger partial charge in [-0.2, -0.15) is 5.10 Å². The van der Waals surface area contributed by atoms with E-state index in [2.05, 4.69) is 5.32 Å². The fourth-order valence-corrected chi connectivity index (χ4v) is 6.95. The molecule has 4 aromatic rings. The van der Waals surface area contributed by atoms with Crippen molar-refractivity contribution in [2.45, 2.75) is 24.2 Å². The Morgan fingerprint density at radius 1 is 1.07 bits per heavy atom. The Morgan fingerprint density at radius 3 is 2.55 bits per heavy atom. The van der Waals surface area contributed by atoms with E-state index in [9.17, 15) is 9.59 Å². The predicted octanol–water partition coefficient (Wildman–Crippen LogP) is 5.67. The van der Waals surface area contributed by atoms with Crippen molar-refractivity contribution in [2.24, 2.45) is 0 Å². The Hall–Kier alpha value is -3.99. The van der Waals surface area contributed by atoms with Gasteiger partial charge in [0.05, 0.1) is 42.7 Å². The lowest BCUT2D eigenvalue weighted by Gasteiger charge is -2.24. The monoisotopic (exact) mass is 632 g/mol. The SMILES string of the molecule is COc1ccc(-n2nc(-c3ccc(Cl)cc3)c3c2N(CC(=O)NC[C@@H]2CCCO2)C(=O)CS[C@@H]3c2ccccc2OC)cc1. The third kappa shape index (κ3) is 6.15. The Labute approximate surface area is 265 Å². The number of amides is 2. The molecule has 1 saturated heterocycles. The van der Waals surface area contributed by atoms with Gasteiger partial charge in [0.2, 0.25) is 11.8 Å². The minimum atomic E-state index is -0.331. The number of nitrogens with zero attached hydrogens (tertiary/aromatic N) is 3. The van der Waals surface area contributed by atoms with E-state index < -0.39 is 0 Å². The van der Waals surface area contributed by atoms with Crippen LogP contribution in [0, 0.1) is 0 Å². The number of ether oxygens (including phenoxy) is 3. The lowest BCUT2D eigenvalue weighted by molar-refractivity contribution is -0.123. The molecule has 1 aromatic heterocycles. The van der Waals surface area contributed by atoms with Gasteiger partial charge in [-0.15, -0.1) is 11.8 Å². The van der Waals surface area contributed by atoms with E-state index >= 15 is 0 Å². The molecule has 2 atom stereocenters. The van der Waals surface area contributed by atoms with Crippen molar-refractivity contribution in [3.8, 4) is 28.4 Å². The van der Waals surface area contributed by atoms with Crippen LogP contribution in [0.4, 0.5) is 5.82 Å². The van der Waals surface area contributed by atoms with Crippen molar-refractivity contribution in [3.05, 3.63) is 88.9 Å². The minimum Gasteiger partial charge on any atom is -0.497 e. The lowest BCUT2D eigenvalue weighted by Crippen LogP contribution is -2.44. The number of halogens is 1. The summed E-state index contributed by atoms with van der Waals surface area (Å²) in [5.74, 6) is 1.60. The highest BCUT2D eigenvalue weighted by atomic mass is 35.5. The molecular weight excluding hydrogens is 600 g/mol. The number of hydrogen-bond donors (Lipinski definition) is 1. The molecule has 0 saturated carbocycles. The van der Waals surface area contributed by atoms with E-state index in [1.807, 2.05) is 72.8 Å². The summed E-state index contributed by atoms with van der Waals surface area (Å²) in [6, 6.07) is 22.7. The standard InChI is InChI=1S/C33H33ClN4O5S/c1-41-24-15-13-23(14-16-24)38-33-30(31(36-38)21-9-11-22(34)12-10-21)32(26-7-3-4-8-27(26)42-2)44-20-29(40)37(33)19-28(39)35-18-25-6-5-17-43-25/h3-4,7-16,25,32H,5-6,17-20H2,1-2H3,(H,35,39)/t25-,32+/m0/s1. The maximum atomic E-state index is 14.0. The highest BCUT2D eigenvalue weighted by molar-refractivity contribution is 8.00. The second-order valence-corrected chi connectivity index (χ2v) is 12.1. The van der Waals surface area contributed by atoms with Gasteiger partial charge in [0, 0.05) is 34.9 Å². The summed E-state index contributed by atoms with van der Waals surface area (Å²) in [7, 11) is 3.25. The van der Waals surface area contributed by atoms with Crippen LogP contribution < -0.4 is 19.7 Å². The third-order valence-corrected chi connectivity index (χ3v) is 9.29. The van der Waals surface area contributed by atoms with Crippen LogP contribution in [0.5, 0.6) is 11.5 Å². The predicted molar refractivity (Wildman–Crippen MR) is 172 cm³/mol. The quantitative estimate of drug-likeness (QED) is 0.254. The fourth-order valence-electron chi connectivity index (χ4n) is 5.60. The Kier molecular flexibility index (Phi) is 9.11. The highest BCUT2D eigenvalue weighted by Gasteiger charge is 2.38. The summed E-state index contributed by atoms with van der Waals surface area (Å²) in [6.45, 7) is 0.935. The van der Waals surface area contributed by atoms with Gasteiger partial charge >= 0.3 is 0 Å². The number of thioether (sulfide) groups is 1. The van der Waals surface area contributed by atoms with Gasteiger partial charge in [-0.1, -0.05) is 41.9 Å². The number of benzene rings is 3. The van der Waals surface area contributed by atoms with E-state index in [0.717, 1.165) is 29.5 Å². The van der Waals surface area contributed by atoms with Crippen LogP contribution in [0.2, 0.25) is 5.02 Å². The van der Waals surface area contributed by atoms with E-state index in [1.165, 1.54) is 11.8 Å². The number of anilines is 1. The van der Waals surface area contributed by atoms with Crippen LogP contribution in [0.3, 0.4) is 0 Å². The zero-order valence-electron chi connectivity index (χ0n) is 24.5. The zero-order chi connectivity index (χ0) is 30.6. The summed E-state index contributed by atoms with van der Waals surface area (Å²) in [4.78, 5) is 28.9.